The average molecular weight is 442 g/mol. The third kappa shape index (κ3) is 4.99. The van der Waals surface area contributed by atoms with Crippen LogP contribution in [0.3, 0.4) is 0 Å². The summed E-state index contributed by atoms with van der Waals surface area (Å²) in [6.45, 7) is 7.37. The molecule has 0 N–H and O–H groups in total. The molecule has 2 aromatic carbocycles. The van der Waals surface area contributed by atoms with Gasteiger partial charge in [0.25, 0.3) is 5.91 Å². The van der Waals surface area contributed by atoms with E-state index < -0.39 is 0 Å². The molecule has 5 nitrogen and oxygen atoms in total. The molecule has 0 saturated carbocycles. The molecule has 0 unspecified atom stereocenters. The molecule has 7 heteroatoms. The van der Waals surface area contributed by atoms with Gasteiger partial charge in [0.2, 0.25) is 0 Å². The van der Waals surface area contributed by atoms with Crippen molar-refractivity contribution in [2.24, 2.45) is 4.99 Å². The van der Waals surface area contributed by atoms with Gasteiger partial charge < -0.3 is 14.5 Å². The summed E-state index contributed by atoms with van der Waals surface area (Å²) in [6, 6.07) is 15.7. The van der Waals surface area contributed by atoms with E-state index in [1.807, 2.05) is 62.4 Å². The van der Waals surface area contributed by atoms with E-state index in [0.29, 0.717) is 4.91 Å². The Labute approximate surface area is 186 Å². The number of rotatable bonds is 4. The molecule has 0 aromatic heterocycles. The molecule has 156 valence electrons. The van der Waals surface area contributed by atoms with Crippen LogP contribution in [0.4, 0.5) is 5.69 Å². The molecule has 0 radical (unpaired) electrons. The van der Waals surface area contributed by atoms with E-state index in [0.717, 1.165) is 53.4 Å². The number of benzene rings is 2. The monoisotopic (exact) mass is 441 g/mol. The summed E-state index contributed by atoms with van der Waals surface area (Å²) < 4.78 is 5.67. The molecule has 0 bridgehead atoms. The predicted molar refractivity (Wildman–Crippen MR) is 125 cm³/mol. The summed E-state index contributed by atoms with van der Waals surface area (Å²) >= 11 is 7.57. The molecule has 0 atom stereocenters. The zero-order valence-corrected chi connectivity index (χ0v) is 18.6. The van der Waals surface area contributed by atoms with E-state index in [4.69, 9.17) is 16.3 Å². The first-order valence-electron chi connectivity index (χ1n) is 10.0. The summed E-state index contributed by atoms with van der Waals surface area (Å²) in [6.07, 6.45) is 2.03. The van der Waals surface area contributed by atoms with Crippen LogP contribution in [0, 0.1) is 0 Å². The van der Waals surface area contributed by atoms with Crippen molar-refractivity contribution in [1.29, 1.82) is 0 Å². The van der Waals surface area contributed by atoms with Crippen molar-refractivity contribution in [2.75, 3.05) is 31.1 Å². The predicted octanol–water partition coefficient (Wildman–Crippen LogP) is 4.92. The Bertz CT molecular complexity index is 980. The highest BCUT2D eigenvalue weighted by atomic mass is 35.5. The number of hydrogen-bond acceptors (Lipinski definition) is 5. The van der Waals surface area contributed by atoms with E-state index in [1.165, 1.54) is 11.8 Å². The average Bonchev–Trinajstić information content (AvgIpc) is 3.09. The van der Waals surface area contributed by atoms with Crippen LogP contribution >= 0.6 is 23.4 Å². The largest absolute Gasteiger partial charge is 0.491 e. The topological polar surface area (TPSA) is 45.1 Å². The number of hydrogen-bond donors (Lipinski definition) is 0. The normalized spacial score (nSPS) is 18.3. The minimum Gasteiger partial charge on any atom is -0.491 e. The van der Waals surface area contributed by atoms with Gasteiger partial charge in [-0.1, -0.05) is 29.8 Å². The Morgan fingerprint density at radius 3 is 2.43 bits per heavy atom. The Morgan fingerprint density at radius 2 is 1.77 bits per heavy atom. The molecule has 0 aliphatic carbocycles. The summed E-state index contributed by atoms with van der Waals surface area (Å²) in [4.78, 5) is 21.9. The fourth-order valence-electron chi connectivity index (χ4n) is 3.43. The fourth-order valence-corrected chi connectivity index (χ4v) is 4.58. The molecule has 0 spiro atoms. The van der Waals surface area contributed by atoms with Gasteiger partial charge in [-0.2, -0.15) is 4.99 Å². The van der Waals surface area contributed by atoms with Crippen LogP contribution in [0.25, 0.3) is 6.08 Å². The first-order chi connectivity index (χ1) is 14.5. The zero-order valence-electron chi connectivity index (χ0n) is 17.0. The van der Waals surface area contributed by atoms with Gasteiger partial charge in [-0.25, -0.2) is 0 Å². The molecular formula is C23H24ClN3O2S. The minimum absolute atomic E-state index is 0.136. The lowest BCUT2D eigenvalue weighted by molar-refractivity contribution is -0.113. The Balaban J connectivity index is 1.36. The van der Waals surface area contributed by atoms with E-state index in [9.17, 15) is 4.79 Å². The number of halogens is 1. The number of aliphatic imine (C=N–C) groups is 1. The number of amides is 1. The summed E-state index contributed by atoms with van der Waals surface area (Å²) in [5, 5.41) is 1.53. The van der Waals surface area contributed by atoms with Crippen molar-refractivity contribution in [3.63, 3.8) is 0 Å². The van der Waals surface area contributed by atoms with Crippen molar-refractivity contribution in [3.8, 4) is 5.75 Å². The quantitative estimate of drug-likeness (QED) is 0.630. The van der Waals surface area contributed by atoms with E-state index in [-0.39, 0.29) is 12.0 Å². The first-order valence-corrected chi connectivity index (χ1v) is 11.2. The highest BCUT2D eigenvalue weighted by Crippen LogP contribution is 2.31. The number of anilines is 1. The molecule has 30 heavy (non-hydrogen) atoms. The molecule has 1 amide bonds. The summed E-state index contributed by atoms with van der Waals surface area (Å²) in [5.74, 6) is 0.654. The van der Waals surface area contributed by atoms with Crippen molar-refractivity contribution in [3.05, 3.63) is 64.0 Å². The molecule has 2 aromatic rings. The van der Waals surface area contributed by atoms with Crippen LogP contribution in [-0.2, 0) is 4.79 Å². The number of amidine groups is 1. The Hall–Kier alpha value is -2.44. The lowest BCUT2D eigenvalue weighted by Gasteiger charge is -2.36. The van der Waals surface area contributed by atoms with Gasteiger partial charge in [-0.3, -0.25) is 4.79 Å². The van der Waals surface area contributed by atoms with Gasteiger partial charge in [0.15, 0.2) is 5.17 Å². The third-order valence-corrected chi connectivity index (χ3v) is 6.16. The number of ether oxygens (including phenoxy) is 1. The maximum atomic E-state index is 12.4. The molecular weight excluding hydrogens is 418 g/mol. The van der Waals surface area contributed by atoms with Crippen LogP contribution < -0.4 is 9.64 Å². The van der Waals surface area contributed by atoms with E-state index in [2.05, 4.69) is 20.9 Å². The molecule has 2 aliphatic rings. The lowest BCUT2D eigenvalue weighted by atomic mass is 10.2. The van der Waals surface area contributed by atoms with Crippen LogP contribution in [0.15, 0.2) is 58.4 Å². The minimum atomic E-state index is -0.172. The van der Waals surface area contributed by atoms with Crippen LogP contribution in [0.1, 0.15) is 19.4 Å². The fraction of sp³-hybridized carbons (Fsp3) is 0.304. The van der Waals surface area contributed by atoms with Gasteiger partial charge in [0.1, 0.15) is 5.75 Å². The number of nitrogens with zero attached hydrogens (tertiary/aromatic N) is 3. The maximum absolute atomic E-state index is 12.4. The van der Waals surface area contributed by atoms with Gasteiger partial charge >= 0.3 is 0 Å². The van der Waals surface area contributed by atoms with E-state index in [1.54, 1.807) is 0 Å². The number of carbonyl (C=O) groups is 1. The molecule has 1 fully saturated rings. The molecule has 2 aliphatic heterocycles. The number of carbonyl (C=O) groups excluding carboxylic acids is 1. The van der Waals surface area contributed by atoms with Crippen molar-refractivity contribution >= 4 is 46.2 Å². The molecule has 2 heterocycles. The van der Waals surface area contributed by atoms with Crippen LogP contribution in [0.5, 0.6) is 5.75 Å². The second kappa shape index (κ2) is 9.14. The highest BCUT2D eigenvalue weighted by Gasteiger charge is 2.28. The number of thioether (sulfide) groups is 1. The highest BCUT2D eigenvalue weighted by molar-refractivity contribution is 8.18. The Kier molecular flexibility index (Phi) is 6.35. The smallest absolute Gasteiger partial charge is 0.286 e. The third-order valence-electron chi connectivity index (χ3n) is 4.88. The van der Waals surface area contributed by atoms with Crippen molar-refractivity contribution in [2.45, 2.75) is 20.0 Å². The second-order valence-electron chi connectivity index (χ2n) is 7.50. The number of piperazine rings is 1. The van der Waals surface area contributed by atoms with Gasteiger partial charge in [-0.05, 0) is 67.6 Å². The van der Waals surface area contributed by atoms with Gasteiger partial charge in [0, 0.05) is 36.9 Å². The second-order valence-corrected chi connectivity index (χ2v) is 8.95. The van der Waals surface area contributed by atoms with Crippen molar-refractivity contribution < 1.29 is 9.53 Å². The molecule has 4 rings (SSSR count). The summed E-state index contributed by atoms with van der Waals surface area (Å²) in [5.41, 5.74) is 2.09. The van der Waals surface area contributed by atoms with Crippen LogP contribution in [0.2, 0.25) is 5.02 Å². The van der Waals surface area contributed by atoms with Gasteiger partial charge in [-0.15, -0.1) is 0 Å². The van der Waals surface area contributed by atoms with Gasteiger partial charge in [0.05, 0.1) is 11.0 Å². The maximum Gasteiger partial charge on any atom is 0.286 e. The molecule has 1 saturated heterocycles. The Morgan fingerprint density at radius 1 is 1.07 bits per heavy atom. The SMILES string of the molecule is CC(C)Oc1ccc(/C=C2/SC(N3CCN(c4cccc(Cl)c4)CC3)=NC2=O)cc1. The summed E-state index contributed by atoms with van der Waals surface area (Å²) in [7, 11) is 0. The lowest BCUT2D eigenvalue weighted by Crippen LogP contribution is -2.47. The van der Waals surface area contributed by atoms with Crippen molar-refractivity contribution in [1.82, 2.24) is 4.90 Å². The first kappa shape index (κ1) is 20.8. The van der Waals surface area contributed by atoms with Crippen LogP contribution in [-0.4, -0.2) is 48.3 Å². The zero-order chi connectivity index (χ0) is 21.1. The standard InChI is InChI=1S/C23H24ClN3O2S/c1-16(2)29-20-8-6-17(7-9-20)14-21-22(28)25-23(30-21)27-12-10-26(11-13-27)19-5-3-4-18(24)15-19/h3-9,14-16H,10-13H2,1-2H3/b21-14+. The van der Waals surface area contributed by atoms with E-state index >= 15 is 0 Å².